The molecule has 1 aliphatic heterocycles. The van der Waals surface area contributed by atoms with Crippen LogP contribution in [0.2, 0.25) is 0 Å². The Morgan fingerprint density at radius 2 is 2.18 bits per heavy atom. The van der Waals surface area contributed by atoms with Gasteiger partial charge in [0.05, 0.1) is 25.1 Å². The van der Waals surface area contributed by atoms with Gasteiger partial charge in [0.15, 0.2) is 0 Å². The lowest BCUT2D eigenvalue weighted by Crippen LogP contribution is -2.53. The topological polar surface area (TPSA) is 82.4 Å². The van der Waals surface area contributed by atoms with Crippen LogP contribution in [-0.4, -0.2) is 48.6 Å². The van der Waals surface area contributed by atoms with Crippen molar-refractivity contribution in [2.24, 2.45) is 11.8 Å². The zero-order valence-corrected chi connectivity index (χ0v) is 14.0. The molecule has 22 heavy (non-hydrogen) atoms. The molecule has 0 spiro atoms. The van der Waals surface area contributed by atoms with Gasteiger partial charge in [-0.05, 0) is 39.2 Å². The number of nitrogens with one attached hydrogen (secondary N) is 1. The Morgan fingerprint density at radius 3 is 2.73 bits per heavy atom. The van der Waals surface area contributed by atoms with Gasteiger partial charge in [-0.1, -0.05) is 13.8 Å². The van der Waals surface area contributed by atoms with Gasteiger partial charge in [0.1, 0.15) is 5.54 Å². The van der Waals surface area contributed by atoms with Gasteiger partial charge in [-0.25, -0.2) is 0 Å². The predicted molar refractivity (Wildman–Crippen MR) is 82.8 cm³/mol. The molecule has 0 aromatic rings. The van der Waals surface area contributed by atoms with Crippen molar-refractivity contribution in [3.05, 3.63) is 0 Å². The van der Waals surface area contributed by atoms with E-state index in [1.54, 1.807) is 13.8 Å². The number of ether oxygens (including phenoxy) is 1. The molecule has 1 N–H and O–H groups in total. The van der Waals surface area contributed by atoms with Crippen LogP contribution < -0.4 is 5.32 Å². The van der Waals surface area contributed by atoms with Crippen LogP contribution in [0, 0.1) is 23.2 Å². The average molecular weight is 309 g/mol. The minimum Gasteiger partial charge on any atom is -0.466 e. The minimum atomic E-state index is -0.868. The summed E-state index contributed by atoms with van der Waals surface area (Å²) >= 11 is 0. The fraction of sp³-hybridized carbons (Fsp3) is 0.812. The first kappa shape index (κ1) is 18.4. The molecule has 124 valence electrons. The molecular weight excluding hydrogens is 282 g/mol. The molecule has 6 nitrogen and oxygen atoms in total. The number of likely N-dealkylation sites (tertiary alicyclic amines) is 1. The zero-order valence-electron chi connectivity index (χ0n) is 14.0. The number of nitrogens with zero attached hydrogens (tertiary/aromatic N) is 2. The average Bonchev–Trinajstić information content (AvgIpc) is 2.47. The van der Waals surface area contributed by atoms with Gasteiger partial charge in [0.2, 0.25) is 5.91 Å². The molecule has 0 aliphatic carbocycles. The van der Waals surface area contributed by atoms with Crippen molar-refractivity contribution in [1.29, 1.82) is 5.26 Å². The van der Waals surface area contributed by atoms with Crippen molar-refractivity contribution in [3.8, 4) is 6.07 Å². The van der Waals surface area contributed by atoms with Crippen molar-refractivity contribution >= 4 is 11.9 Å². The molecule has 0 aromatic carbocycles. The highest BCUT2D eigenvalue weighted by Gasteiger charge is 2.32. The van der Waals surface area contributed by atoms with E-state index in [2.05, 4.69) is 11.4 Å². The molecule has 1 fully saturated rings. The van der Waals surface area contributed by atoms with Crippen molar-refractivity contribution < 1.29 is 14.3 Å². The third kappa shape index (κ3) is 4.99. The third-order valence-electron chi connectivity index (χ3n) is 4.28. The van der Waals surface area contributed by atoms with E-state index in [0.717, 1.165) is 19.4 Å². The molecule has 0 bridgehead atoms. The van der Waals surface area contributed by atoms with E-state index in [4.69, 9.17) is 4.74 Å². The largest absolute Gasteiger partial charge is 0.466 e. The summed E-state index contributed by atoms with van der Waals surface area (Å²) in [6.45, 7) is 9.24. The predicted octanol–water partition coefficient (Wildman–Crippen LogP) is 1.32. The highest BCUT2D eigenvalue weighted by Crippen LogP contribution is 2.18. The highest BCUT2D eigenvalue weighted by atomic mass is 16.5. The Morgan fingerprint density at radius 1 is 1.50 bits per heavy atom. The molecule has 0 radical (unpaired) electrons. The fourth-order valence-electron chi connectivity index (χ4n) is 2.49. The van der Waals surface area contributed by atoms with E-state index in [0.29, 0.717) is 13.2 Å². The summed E-state index contributed by atoms with van der Waals surface area (Å²) in [5.41, 5.74) is -0.868. The van der Waals surface area contributed by atoms with Gasteiger partial charge in [0.25, 0.3) is 0 Å². The minimum absolute atomic E-state index is 0.0232. The Hall–Kier alpha value is -1.61. The second-order valence-electron chi connectivity index (χ2n) is 6.34. The van der Waals surface area contributed by atoms with Crippen LogP contribution in [0.1, 0.15) is 40.5 Å². The summed E-state index contributed by atoms with van der Waals surface area (Å²) in [6.07, 6.45) is 1.68. The maximum absolute atomic E-state index is 12.2. The SMILES string of the molecule is CCOC(=O)[C@H]1CCCN(CC(=O)N[C@](C)(C#N)C(C)C)C1. The first-order chi connectivity index (χ1) is 10.3. The number of esters is 1. The summed E-state index contributed by atoms with van der Waals surface area (Å²) in [6, 6.07) is 2.17. The Kier molecular flexibility index (Phi) is 6.82. The van der Waals surface area contributed by atoms with Crippen LogP contribution >= 0.6 is 0 Å². The molecule has 1 aliphatic rings. The van der Waals surface area contributed by atoms with Gasteiger partial charge in [0, 0.05) is 6.54 Å². The Bertz CT molecular complexity index is 444. The molecular formula is C16H27N3O3. The molecule has 0 unspecified atom stereocenters. The van der Waals surface area contributed by atoms with Gasteiger partial charge < -0.3 is 10.1 Å². The second-order valence-corrected chi connectivity index (χ2v) is 6.34. The van der Waals surface area contributed by atoms with Gasteiger partial charge in [-0.15, -0.1) is 0 Å². The molecule has 6 heteroatoms. The number of carbonyl (C=O) groups is 2. The lowest BCUT2D eigenvalue weighted by molar-refractivity contribution is -0.150. The number of carbonyl (C=O) groups excluding carboxylic acids is 2. The maximum atomic E-state index is 12.2. The summed E-state index contributed by atoms with van der Waals surface area (Å²) in [5, 5.41) is 12.0. The van der Waals surface area contributed by atoms with Gasteiger partial charge >= 0.3 is 5.97 Å². The van der Waals surface area contributed by atoms with Crippen LogP contribution in [0.25, 0.3) is 0 Å². The fourth-order valence-corrected chi connectivity index (χ4v) is 2.49. The summed E-state index contributed by atoms with van der Waals surface area (Å²) < 4.78 is 5.05. The smallest absolute Gasteiger partial charge is 0.310 e. The van der Waals surface area contributed by atoms with Crippen LogP contribution in [-0.2, 0) is 14.3 Å². The molecule has 1 saturated heterocycles. The number of hydrogen-bond acceptors (Lipinski definition) is 5. The van der Waals surface area contributed by atoms with Crippen LogP contribution in [0.5, 0.6) is 0 Å². The third-order valence-corrected chi connectivity index (χ3v) is 4.28. The second kappa shape index (κ2) is 8.14. The van der Waals surface area contributed by atoms with E-state index >= 15 is 0 Å². The first-order valence-electron chi connectivity index (χ1n) is 7.93. The number of piperidine rings is 1. The van der Waals surface area contributed by atoms with E-state index in [9.17, 15) is 14.9 Å². The number of rotatable bonds is 6. The van der Waals surface area contributed by atoms with Gasteiger partial charge in [-0.3, -0.25) is 14.5 Å². The van der Waals surface area contributed by atoms with Crippen molar-refractivity contribution in [2.75, 3.05) is 26.2 Å². The normalized spacial score (nSPS) is 21.7. The maximum Gasteiger partial charge on any atom is 0.310 e. The summed E-state index contributed by atoms with van der Waals surface area (Å²) in [7, 11) is 0. The van der Waals surface area contributed by atoms with Crippen LogP contribution in [0.4, 0.5) is 0 Å². The molecule has 1 heterocycles. The lowest BCUT2D eigenvalue weighted by atomic mass is 9.90. The van der Waals surface area contributed by atoms with Gasteiger partial charge in [-0.2, -0.15) is 5.26 Å². The molecule has 2 atom stereocenters. The van der Waals surface area contributed by atoms with Crippen molar-refractivity contribution in [3.63, 3.8) is 0 Å². The molecule has 1 amide bonds. The first-order valence-corrected chi connectivity index (χ1v) is 7.93. The molecule has 1 rings (SSSR count). The highest BCUT2D eigenvalue weighted by molar-refractivity contribution is 5.79. The summed E-state index contributed by atoms with van der Waals surface area (Å²) in [4.78, 5) is 25.9. The summed E-state index contributed by atoms with van der Waals surface area (Å²) in [5.74, 6) is -0.497. The number of nitriles is 1. The zero-order chi connectivity index (χ0) is 16.8. The monoisotopic (exact) mass is 309 g/mol. The molecule has 0 saturated carbocycles. The van der Waals surface area contributed by atoms with E-state index < -0.39 is 5.54 Å². The van der Waals surface area contributed by atoms with E-state index in [-0.39, 0.29) is 30.3 Å². The Labute approximate surface area is 132 Å². The van der Waals surface area contributed by atoms with Crippen molar-refractivity contribution in [1.82, 2.24) is 10.2 Å². The van der Waals surface area contributed by atoms with Crippen LogP contribution in [0.3, 0.4) is 0 Å². The molecule has 0 aromatic heterocycles. The van der Waals surface area contributed by atoms with E-state index in [1.165, 1.54) is 0 Å². The number of hydrogen-bond donors (Lipinski definition) is 1. The quantitative estimate of drug-likeness (QED) is 0.748. The standard InChI is InChI=1S/C16H27N3O3/c1-5-22-15(21)13-7-6-8-19(9-13)10-14(20)18-16(4,11-17)12(2)3/h12-13H,5-10H2,1-4H3,(H,18,20)/t13-,16+/m0/s1. The lowest BCUT2D eigenvalue weighted by Gasteiger charge is -2.33. The van der Waals surface area contributed by atoms with Crippen LogP contribution in [0.15, 0.2) is 0 Å². The van der Waals surface area contributed by atoms with E-state index in [1.807, 2.05) is 18.7 Å². The Balaban J connectivity index is 2.54. The number of amides is 1. The van der Waals surface area contributed by atoms with Crippen molar-refractivity contribution in [2.45, 2.75) is 46.1 Å².